The van der Waals surface area contributed by atoms with Gasteiger partial charge in [-0.15, -0.1) is 0 Å². The number of carbonyl (C=O) groups excluding carboxylic acids is 4. The molecule has 2 unspecified atom stereocenters. The van der Waals surface area contributed by atoms with E-state index in [1.807, 2.05) is 0 Å². The Hall–Kier alpha value is -1.94. The van der Waals surface area contributed by atoms with Gasteiger partial charge in [0.15, 0.2) is 12.2 Å². The van der Waals surface area contributed by atoms with Gasteiger partial charge >= 0.3 is 39.5 Å². The summed E-state index contributed by atoms with van der Waals surface area (Å²) in [4.78, 5) is 72.5. The first kappa shape index (κ1) is 88.1. The molecule has 0 amide bonds. The van der Waals surface area contributed by atoms with E-state index in [0.717, 1.165) is 114 Å². The van der Waals surface area contributed by atoms with Crippen LogP contribution in [-0.4, -0.2) is 96.7 Å². The molecule has 0 heterocycles. The van der Waals surface area contributed by atoms with E-state index in [0.29, 0.717) is 31.6 Å². The Bertz CT molecular complexity index is 1780. The maximum atomic E-state index is 13.0. The summed E-state index contributed by atoms with van der Waals surface area (Å²) in [6.45, 7) is 14.0. The molecule has 0 aliphatic heterocycles. The van der Waals surface area contributed by atoms with E-state index in [2.05, 4.69) is 55.4 Å². The molecule has 534 valence electrons. The van der Waals surface area contributed by atoms with Crippen molar-refractivity contribution in [1.29, 1.82) is 0 Å². The van der Waals surface area contributed by atoms with E-state index in [9.17, 15) is 43.2 Å². The molecule has 0 fully saturated rings. The van der Waals surface area contributed by atoms with Crippen molar-refractivity contribution in [3.63, 3.8) is 0 Å². The van der Waals surface area contributed by atoms with Crippen LogP contribution >= 0.6 is 15.6 Å². The number of hydrogen-bond acceptors (Lipinski definition) is 15. The molecular formula is C71H138O17P2. The van der Waals surface area contributed by atoms with Gasteiger partial charge in [-0.1, -0.05) is 299 Å². The van der Waals surface area contributed by atoms with Gasteiger partial charge in [0, 0.05) is 25.7 Å². The number of phosphoric acid groups is 2. The van der Waals surface area contributed by atoms with Gasteiger partial charge in [0.1, 0.15) is 19.3 Å². The molecule has 17 nitrogen and oxygen atoms in total. The van der Waals surface area contributed by atoms with E-state index in [1.165, 1.54) is 148 Å². The fourth-order valence-corrected chi connectivity index (χ4v) is 12.2. The van der Waals surface area contributed by atoms with Crippen LogP contribution in [0.15, 0.2) is 0 Å². The van der Waals surface area contributed by atoms with Gasteiger partial charge in [-0.25, -0.2) is 9.13 Å². The molecule has 0 rings (SSSR count). The van der Waals surface area contributed by atoms with Crippen molar-refractivity contribution in [1.82, 2.24) is 0 Å². The Morgan fingerprint density at radius 3 is 0.689 bits per heavy atom. The zero-order chi connectivity index (χ0) is 66.8. The normalized spacial score (nSPS) is 14.3. The number of ether oxygens (including phenoxy) is 4. The predicted octanol–water partition coefficient (Wildman–Crippen LogP) is 20.1. The first-order valence-electron chi connectivity index (χ1n) is 36.7. The van der Waals surface area contributed by atoms with Crippen LogP contribution in [0.25, 0.3) is 0 Å². The summed E-state index contributed by atoms with van der Waals surface area (Å²) in [5, 5.41) is 10.6. The minimum Gasteiger partial charge on any atom is -0.462 e. The fourth-order valence-electron chi connectivity index (χ4n) is 10.7. The molecule has 0 aromatic carbocycles. The Labute approximate surface area is 549 Å². The Morgan fingerprint density at radius 1 is 0.278 bits per heavy atom. The molecule has 3 N–H and O–H groups in total. The van der Waals surface area contributed by atoms with Crippen molar-refractivity contribution in [2.75, 3.05) is 39.6 Å². The van der Waals surface area contributed by atoms with Crippen LogP contribution in [0.2, 0.25) is 0 Å². The summed E-state index contributed by atoms with van der Waals surface area (Å²) < 4.78 is 68.2. The third-order valence-corrected chi connectivity index (χ3v) is 18.2. The Balaban J connectivity index is 5.20. The van der Waals surface area contributed by atoms with Gasteiger partial charge in [0.2, 0.25) is 0 Å². The van der Waals surface area contributed by atoms with Gasteiger partial charge in [-0.2, -0.15) is 0 Å². The Morgan fingerprint density at radius 2 is 0.467 bits per heavy atom. The highest BCUT2D eigenvalue weighted by Gasteiger charge is 2.30. The van der Waals surface area contributed by atoms with E-state index in [-0.39, 0.29) is 25.7 Å². The quantitative estimate of drug-likeness (QED) is 0.0222. The molecule has 5 atom stereocenters. The van der Waals surface area contributed by atoms with Gasteiger partial charge in [0.05, 0.1) is 26.4 Å². The van der Waals surface area contributed by atoms with Crippen molar-refractivity contribution >= 4 is 39.5 Å². The molecule has 0 saturated carbocycles. The lowest BCUT2D eigenvalue weighted by Gasteiger charge is -2.21. The lowest BCUT2D eigenvalue weighted by Crippen LogP contribution is -2.30. The third-order valence-electron chi connectivity index (χ3n) is 16.3. The van der Waals surface area contributed by atoms with Crippen LogP contribution < -0.4 is 0 Å². The minimum absolute atomic E-state index is 0.103. The zero-order valence-electron chi connectivity index (χ0n) is 58.8. The van der Waals surface area contributed by atoms with Crippen LogP contribution in [0, 0.1) is 23.7 Å². The fraction of sp³-hybridized carbons (Fsp3) is 0.944. The molecular weight excluding hydrogens is 1190 g/mol. The van der Waals surface area contributed by atoms with E-state index in [4.69, 9.17) is 37.0 Å². The highest BCUT2D eigenvalue weighted by molar-refractivity contribution is 7.47. The number of hydrogen-bond donors (Lipinski definition) is 3. The van der Waals surface area contributed by atoms with Crippen molar-refractivity contribution in [2.24, 2.45) is 23.7 Å². The van der Waals surface area contributed by atoms with Crippen LogP contribution in [0.1, 0.15) is 351 Å². The molecule has 0 saturated heterocycles. The largest absolute Gasteiger partial charge is 0.472 e. The minimum atomic E-state index is -4.95. The molecule has 0 spiro atoms. The number of aliphatic hydroxyl groups excluding tert-OH is 1. The summed E-state index contributed by atoms with van der Waals surface area (Å²) in [7, 11) is -9.90. The summed E-state index contributed by atoms with van der Waals surface area (Å²) in [5.41, 5.74) is 0. The average Bonchev–Trinajstić information content (AvgIpc) is 3.63. The van der Waals surface area contributed by atoms with Crippen molar-refractivity contribution in [3.8, 4) is 0 Å². The number of carbonyl (C=O) groups is 4. The molecule has 0 aromatic rings. The van der Waals surface area contributed by atoms with Gasteiger partial charge < -0.3 is 33.8 Å². The maximum Gasteiger partial charge on any atom is 0.472 e. The number of aliphatic hydroxyl groups is 1. The van der Waals surface area contributed by atoms with Gasteiger partial charge in [-0.05, 0) is 49.4 Å². The highest BCUT2D eigenvalue weighted by atomic mass is 31.2. The van der Waals surface area contributed by atoms with Crippen LogP contribution in [0.5, 0.6) is 0 Å². The van der Waals surface area contributed by atoms with E-state index >= 15 is 0 Å². The molecule has 0 radical (unpaired) electrons. The van der Waals surface area contributed by atoms with Crippen molar-refractivity contribution < 1.29 is 80.2 Å². The van der Waals surface area contributed by atoms with Crippen molar-refractivity contribution in [3.05, 3.63) is 0 Å². The number of unbranched alkanes of at least 4 members (excludes halogenated alkanes) is 34. The van der Waals surface area contributed by atoms with Gasteiger partial charge in [0.25, 0.3) is 0 Å². The molecule has 90 heavy (non-hydrogen) atoms. The predicted molar refractivity (Wildman–Crippen MR) is 363 cm³/mol. The SMILES string of the molecule is CC(C)CCCCCCCCCCCCCCCCCCC(=O)O[C@H](COC(=O)CCCCCCCCCCC(C)C)COP(=O)(O)OC[C@@H](O)COP(=O)(O)OC[C@@H](COC(=O)CCCCCCCCC(C)C)OC(=O)CCCCCCCCCCC(C)C. The second-order valence-corrected chi connectivity index (χ2v) is 30.4. The van der Waals surface area contributed by atoms with Crippen LogP contribution in [0.4, 0.5) is 0 Å². The average molecular weight is 1330 g/mol. The lowest BCUT2D eigenvalue weighted by atomic mass is 10.0. The number of esters is 4. The maximum absolute atomic E-state index is 13.0. The third kappa shape index (κ3) is 64.8. The monoisotopic (exact) mass is 1320 g/mol. The van der Waals surface area contributed by atoms with Crippen LogP contribution in [0.3, 0.4) is 0 Å². The van der Waals surface area contributed by atoms with Crippen molar-refractivity contribution in [2.45, 2.75) is 369 Å². The highest BCUT2D eigenvalue weighted by Crippen LogP contribution is 2.45. The second kappa shape index (κ2) is 60.7. The van der Waals surface area contributed by atoms with E-state index < -0.39 is 97.5 Å². The zero-order valence-corrected chi connectivity index (χ0v) is 60.6. The van der Waals surface area contributed by atoms with Gasteiger partial charge in [-0.3, -0.25) is 37.3 Å². The standard InChI is InChI=1S/C71H138O17P2/c1-61(2)47-39-31-23-17-15-13-11-9-10-12-14-16-18-27-37-45-53-70(75)87-66(57-81-68(73)51-43-35-26-21-19-24-32-40-48-62(3)4)59-85-89(77,78)83-55-65(72)56-84-90(79,80)86-60-67(58-82-69(74)52-44-36-30-29-34-42-50-64(7)8)88-71(76)54-46-38-28-22-20-25-33-41-49-63(5)6/h61-67,72H,9-60H2,1-8H3,(H,77,78)(H,79,80)/t65-,66-,67-/m1/s1. The van der Waals surface area contributed by atoms with Crippen LogP contribution in [-0.2, 0) is 65.4 Å². The first-order valence-corrected chi connectivity index (χ1v) is 39.7. The summed E-state index contributed by atoms with van der Waals surface area (Å²) in [5.74, 6) is 0.801. The lowest BCUT2D eigenvalue weighted by molar-refractivity contribution is -0.161. The molecule has 0 aliphatic rings. The summed E-state index contributed by atoms with van der Waals surface area (Å²) in [6, 6.07) is 0. The first-order chi connectivity index (χ1) is 43.1. The second-order valence-electron chi connectivity index (χ2n) is 27.5. The van der Waals surface area contributed by atoms with E-state index in [1.54, 1.807) is 0 Å². The summed E-state index contributed by atoms with van der Waals surface area (Å²) in [6.07, 6.45) is 43.4. The molecule has 0 bridgehead atoms. The smallest absolute Gasteiger partial charge is 0.462 e. The molecule has 19 heteroatoms. The summed E-state index contributed by atoms with van der Waals surface area (Å²) >= 11 is 0. The Kier molecular flexibility index (Phi) is 59.4. The topological polar surface area (TPSA) is 237 Å². The number of rotatable bonds is 68. The molecule has 0 aromatic heterocycles. The number of phosphoric ester groups is 2. The molecule has 0 aliphatic carbocycles.